The van der Waals surface area contributed by atoms with Crippen LogP contribution in [0.1, 0.15) is 38.4 Å². The first-order valence-electron chi connectivity index (χ1n) is 9.46. The van der Waals surface area contributed by atoms with E-state index in [1.54, 1.807) is 24.5 Å². The predicted molar refractivity (Wildman–Crippen MR) is 113 cm³/mol. The molecule has 4 rings (SSSR count). The minimum atomic E-state index is -0.350. The molecular weight excluding hydrogens is 362 g/mol. The number of hydrogen-bond donors (Lipinski definition) is 0. The summed E-state index contributed by atoms with van der Waals surface area (Å²) in [6.45, 7) is 6.32. The van der Waals surface area contributed by atoms with Gasteiger partial charge in [0.25, 0.3) is 0 Å². The van der Waals surface area contributed by atoms with Crippen molar-refractivity contribution in [1.82, 2.24) is 14.5 Å². The summed E-state index contributed by atoms with van der Waals surface area (Å²) in [6, 6.07) is 14.9. The predicted octanol–water partition coefficient (Wildman–Crippen LogP) is 4.00. The molecule has 0 atom stereocenters. The van der Waals surface area contributed by atoms with Gasteiger partial charge in [-0.25, -0.2) is 0 Å². The normalized spacial score (nSPS) is 11.0. The molecule has 0 unspecified atom stereocenters. The first kappa shape index (κ1) is 18.7. The zero-order valence-electron chi connectivity index (χ0n) is 16.6. The van der Waals surface area contributed by atoms with Crippen LogP contribution >= 0.6 is 0 Å². The first-order valence-corrected chi connectivity index (χ1v) is 9.46. The van der Waals surface area contributed by atoms with Crippen LogP contribution in [0.25, 0.3) is 11.0 Å². The molecule has 29 heavy (non-hydrogen) atoms. The van der Waals surface area contributed by atoms with Crippen LogP contribution in [0.3, 0.4) is 0 Å². The molecule has 0 N–H and O–H groups in total. The highest BCUT2D eigenvalue weighted by Crippen LogP contribution is 2.16. The van der Waals surface area contributed by atoms with E-state index in [0.717, 1.165) is 22.5 Å². The smallest absolute Gasteiger partial charge is 0.218 e. The molecule has 0 fully saturated rings. The molecule has 0 aliphatic heterocycles. The molecule has 5 heteroatoms. The molecule has 4 aromatic rings. The summed E-state index contributed by atoms with van der Waals surface area (Å²) >= 11 is 0. The third-order valence-corrected chi connectivity index (χ3v) is 5.13. The van der Waals surface area contributed by atoms with Gasteiger partial charge in [-0.3, -0.25) is 19.6 Å². The van der Waals surface area contributed by atoms with Crippen LogP contribution < -0.4 is 5.43 Å². The van der Waals surface area contributed by atoms with E-state index in [0.29, 0.717) is 17.6 Å². The number of rotatable bonds is 4. The molecule has 0 bridgehead atoms. The third-order valence-electron chi connectivity index (χ3n) is 5.13. The topological polar surface area (TPSA) is 64.8 Å². The fourth-order valence-corrected chi connectivity index (χ4v) is 3.41. The first-order chi connectivity index (χ1) is 13.9. The lowest BCUT2D eigenvalue weighted by molar-refractivity contribution is 0.103. The molecule has 3 heterocycles. The van der Waals surface area contributed by atoms with Gasteiger partial charge < -0.3 is 4.57 Å². The summed E-state index contributed by atoms with van der Waals surface area (Å²) in [5.74, 6) is -0.295. The number of hydrogen-bond acceptors (Lipinski definition) is 4. The molecule has 0 aliphatic carbocycles. The lowest BCUT2D eigenvalue weighted by Crippen LogP contribution is -2.21. The fraction of sp³-hybridized carbons (Fsp3) is 0.167. The van der Waals surface area contributed by atoms with Crippen LogP contribution in [0.15, 0.2) is 65.7 Å². The lowest BCUT2D eigenvalue weighted by Gasteiger charge is -2.13. The SMILES string of the molecule is Cc1cccc(Cn2cc(C(=O)c3ccc(C)c(C)c3)c(=O)c3ncccc32)n1. The number of carbonyl (C=O) groups is 1. The van der Waals surface area contributed by atoms with Gasteiger partial charge in [-0.1, -0.05) is 18.2 Å². The third kappa shape index (κ3) is 3.59. The summed E-state index contributed by atoms with van der Waals surface area (Å²) in [5, 5.41) is 0. The minimum absolute atomic E-state index is 0.118. The summed E-state index contributed by atoms with van der Waals surface area (Å²) in [7, 11) is 0. The maximum atomic E-state index is 13.2. The molecule has 5 nitrogen and oxygen atoms in total. The Kier molecular flexibility index (Phi) is 4.80. The van der Waals surface area contributed by atoms with Crippen LogP contribution in [-0.4, -0.2) is 20.3 Å². The second-order valence-corrected chi connectivity index (χ2v) is 7.27. The molecule has 1 aromatic carbocycles. The van der Waals surface area contributed by atoms with Gasteiger partial charge in [0.15, 0.2) is 5.78 Å². The van der Waals surface area contributed by atoms with Crippen molar-refractivity contribution >= 4 is 16.8 Å². The van der Waals surface area contributed by atoms with E-state index in [1.807, 2.05) is 61.7 Å². The number of benzene rings is 1. The standard InChI is InChI=1S/C24H21N3O2/c1-15-9-10-18(12-16(15)2)23(28)20-14-27(13-19-7-4-6-17(3)26-19)21-8-5-11-25-22(21)24(20)29/h4-12,14H,13H2,1-3H3. The van der Waals surface area contributed by atoms with Gasteiger partial charge in [0.1, 0.15) is 5.52 Å². The Balaban J connectivity index is 1.88. The lowest BCUT2D eigenvalue weighted by atomic mass is 9.99. The van der Waals surface area contributed by atoms with E-state index < -0.39 is 0 Å². The van der Waals surface area contributed by atoms with E-state index >= 15 is 0 Å². The number of fused-ring (bicyclic) bond motifs is 1. The van der Waals surface area contributed by atoms with Crippen LogP contribution in [0.4, 0.5) is 0 Å². The summed E-state index contributed by atoms with van der Waals surface area (Å²) in [5.41, 5.74) is 5.11. The number of aromatic nitrogens is 3. The van der Waals surface area contributed by atoms with Gasteiger partial charge >= 0.3 is 0 Å². The van der Waals surface area contributed by atoms with Crippen molar-refractivity contribution < 1.29 is 4.79 Å². The van der Waals surface area contributed by atoms with Gasteiger partial charge in [-0.05, 0) is 62.2 Å². The molecule has 0 saturated carbocycles. The number of nitrogens with zero attached hydrogens (tertiary/aromatic N) is 3. The Morgan fingerprint density at radius 1 is 1.00 bits per heavy atom. The highest BCUT2D eigenvalue weighted by molar-refractivity contribution is 6.10. The molecule has 144 valence electrons. The minimum Gasteiger partial charge on any atom is -0.339 e. The van der Waals surface area contributed by atoms with Crippen molar-refractivity contribution in [1.29, 1.82) is 0 Å². The van der Waals surface area contributed by atoms with Crippen LogP contribution in [0.5, 0.6) is 0 Å². The summed E-state index contributed by atoms with van der Waals surface area (Å²) in [6.07, 6.45) is 3.21. The molecule has 0 radical (unpaired) electrons. The van der Waals surface area contributed by atoms with Gasteiger partial charge in [0.2, 0.25) is 5.43 Å². The zero-order chi connectivity index (χ0) is 20.5. The number of ketones is 1. The summed E-state index contributed by atoms with van der Waals surface area (Å²) < 4.78 is 1.87. The van der Waals surface area contributed by atoms with Gasteiger partial charge in [0, 0.05) is 23.7 Å². The Morgan fingerprint density at radius 2 is 1.83 bits per heavy atom. The number of carbonyl (C=O) groups excluding carboxylic acids is 1. The average molecular weight is 383 g/mol. The highest BCUT2D eigenvalue weighted by Gasteiger charge is 2.18. The van der Waals surface area contributed by atoms with E-state index in [-0.39, 0.29) is 22.3 Å². The Labute approximate surface area is 168 Å². The zero-order valence-corrected chi connectivity index (χ0v) is 16.6. The Morgan fingerprint density at radius 3 is 2.59 bits per heavy atom. The van der Waals surface area contributed by atoms with Gasteiger partial charge in [0.05, 0.1) is 23.3 Å². The number of pyridine rings is 3. The Bertz CT molecular complexity index is 1310. The molecular formula is C24H21N3O2. The van der Waals surface area contributed by atoms with Gasteiger partial charge in [-0.2, -0.15) is 0 Å². The second kappa shape index (κ2) is 7.43. The van der Waals surface area contributed by atoms with Crippen molar-refractivity contribution in [2.24, 2.45) is 0 Å². The maximum absolute atomic E-state index is 13.2. The molecule has 0 saturated heterocycles. The highest BCUT2D eigenvalue weighted by atomic mass is 16.1. The Hall–Kier alpha value is -3.60. The molecule has 0 aliphatic rings. The monoisotopic (exact) mass is 383 g/mol. The molecule has 0 amide bonds. The van der Waals surface area contributed by atoms with Crippen LogP contribution in [-0.2, 0) is 6.54 Å². The van der Waals surface area contributed by atoms with Gasteiger partial charge in [-0.15, -0.1) is 0 Å². The van der Waals surface area contributed by atoms with Crippen molar-refractivity contribution in [3.8, 4) is 0 Å². The van der Waals surface area contributed by atoms with E-state index in [9.17, 15) is 9.59 Å². The van der Waals surface area contributed by atoms with Crippen molar-refractivity contribution in [3.05, 3.63) is 105 Å². The van der Waals surface area contributed by atoms with E-state index in [4.69, 9.17) is 0 Å². The summed E-state index contributed by atoms with van der Waals surface area (Å²) in [4.78, 5) is 35.0. The maximum Gasteiger partial charge on any atom is 0.218 e. The quantitative estimate of drug-likeness (QED) is 0.500. The van der Waals surface area contributed by atoms with Crippen LogP contribution in [0.2, 0.25) is 0 Å². The fourth-order valence-electron chi connectivity index (χ4n) is 3.41. The van der Waals surface area contributed by atoms with Crippen molar-refractivity contribution in [3.63, 3.8) is 0 Å². The molecule has 3 aromatic heterocycles. The molecule has 0 spiro atoms. The van der Waals surface area contributed by atoms with Crippen molar-refractivity contribution in [2.45, 2.75) is 27.3 Å². The van der Waals surface area contributed by atoms with Crippen LogP contribution in [0, 0.1) is 20.8 Å². The average Bonchev–Trinajstić information content (AvgIpc) is 2.72. The van der Waals surface area contributed by atoms with E-state index in [2.05, 4.69) is 9.97 Å². The largest absolute Gasteiger partial charge is 0.339 e. The number of aryl methyl sites for hydroxylation is 3. The van der Waals surface area contributed by atoms with Crippen molar-refractivity contribution in [2.75, 3.05) is 0 Å². The van der Waals surface area contributed by atoms with E-state index in [1.165, 1.54) is 0 Å². The second-order valence-electron chi connectivity index (χ2n) is 7.27.